The molecule has 1 aromatic heterocycles. The molecule has 0 radical (unpaired) electrons. The van der Waals surface area contributed by atoms with Crippen LogP contribution in [0.15, 0.2) is 23.1 Å². The van der Waals surface area contributed by atoms with Crippen molar-refractivity contribution in [1.82, 2.24) is 14.2 Å². The van der Waals surface area contributed by atoms with Crippen LogP contribution < -0.4 is 0 Å². The summed E-state index contributed by atoms with van der Waals surface area (Å²) in [5.41, 5.74) is 4.79. The monoisotopic (exact) mass is 459 g/mol. The van der Waals surface area contributed by atoms with Crippen LogP contribution in [0.1, 0.15) is 48.8 Å². The van der Waals surface area contributed by atoms with Crippen molar-refractivity contribution in [2.45, 2.75) is 39.5 Å². The zero-order valence-corrected chi connectivity index (χ0v) is 20.2. The molecule has 9 heteroatoms. The van der Waals surface area contributed by atoms with Gasteiger partial charge in [-0.15, -0.1) is 0 Å². The van der Waals surface area contributed by atoms with Crippen LogP contribution in [0.3, 0.4) is 0 Å². The van der Waals surface area contributed by atoms with E-state index in [4.69, 9.17) is 0 Å². The highest BCUT2D eigenvalue weighted by Crippen LogP contribution is 2.32. The molecule has 1 aliphatic heterocycles. The van der Waals surface area contributed by atoms with Crippen molar-refractivity contribution in [2.24, 2.45) is 0 Å². The van der Waals surface area contributed by atoms with E-state index in [0.717, 1.165) is 27.8 Å². The Morgan fingerprint density at radius 2 is 1.34 bits per heavy atom. The number of piperazine rings is 1. The average molecular weight is 460 g/mol. The van der Waals surface area contributed by atoms with Crippen LogP contribution in [0.25, 0.3) is 0 Å². The number of carbonyl (C=O) groups excluding carboxylic acids is 2. The van der Waals surface area contributed by atoms with E-state index in [1.54, 1.807) is 11.0 Å². The fourth-order valence-electron chi connectivity index (χ4n) is 4.05. The van der Waals surface area contributed by atoms with E-state index >= 15 is 0 Å². The van der Waals surface area contributed by atoms with Crippen molar-refractivity contribution in [2.75, 3.05) is 33.3 Å². The van der Waals surface area contributed by atoms with Gasteiger partial charge in [-0.25, -0.2) is 18.2 Å². The number of aromatic nitrogens is 1. The van der Waals surface area contributed by atoms with Gasteiger partial charge in [0.2, 0.25) is 10.0 Å². The summed E-state index contributed by atoms with van der Waals surface area (Å²) in [4.78, 5) is 30.6. The molecule has 3 rings (SSSR count). The SMILES string of the molecule is COC(=O)c1cccc(C(=O)N2CCN(S(=O)(=O)c3c(C)c(C)c(C)c(C)c3C)CC2)n1. The Balaban J connectivity index is 1.81. The molecule has 0 bridgehead atoms. The standard InChI is InChI=1S/C23H29N3O5S/c1-14-15(2)17(4)21(18(5)16(14)3)32(29,30)26-12-10-25(11-13-26)22(27)19-8-7-9-20(24-19)23(28)31-6/h7-9H,10-13H2,1-6H3. The van der Waals surface area contributed by atoms with Gasteiger partial charge in [0.1, 0.15) is 11.4 Å². The van der Waals surface area contributed by atoms with Gasteiger partial charge in [0.25, 0.3) is 5.91 Å². The maximum Gasteiger partial charge on any atom is 0.356 e. The molecular formula is C23H29N3O5S. The number of benzene rings is 1. The van der Waals surface area contributed by atoms with E-state index < -0.39 is 16.0 Å². The number of esters is 1. The van der Waals surface area contributed by atoms with E-state index in [9.17, 15) is 18.0 Å². The second-order valence-electron chi connectivity index (χ2n) is 8.05. The van der Waals surface area contributed by atoms with Crippen molar-refractivity contribution < 1.29 is 22.7 Å². The molecule has 1 aliphatic rings. The van der Waals surface area contributed by atoms with Crippen molar-refractivity contribution in [3.05, 3.63) is 57.4 Å². The first-order chi connectivity index (χ1) is 15.0. The topological polar surface area (TPSA) is 96.9 Å². The molecule has 1 amide bonds. The Morgan fingerprint density at radius 1 is 0.844 bits per heavy atom. The van der Waals surface area contributed by atoms with Gasteiger partial charge in [-0.05, 0) is 74.6 Å². The van der Waals surface area contributed by atoms with Crippen molar-refractivity contribution in [1.29, 1.82) is 0 Å². The van der Waals surface area contributed by atoms with E-state index in [0.29, 0.717) is 4.90 Å². The molecule has 2 aromatic rings. The highest BCUT2D eigenvalue weighted by molar-refractivity contribution is 7.89. The fraction of sp³-hybridized carbons (Fsp3) is 0.435. The van der Waals surface area contributed by atoms with E-state index in [1.165, 1.54) is 23.5 Å². The average Bonchev–Trinajstić information content (AvgIpc) is 2.80. The predicted octanol–water partition coefficient (Wildman–Crippen LogP) is 2.56. The van der Waals surface area contributed by atoms with Crippen LogP contribution in [0.5, 0.6) is 0 Å². The summed E-state index contributed by atoms with van der Waals surface area (Å²) < 4.78 is 33.1. The quantitative estimate of drug-likeness (QED) is 0.652. The van der Waals surface area contributed by atoms with E-state index in [2.05, 4.69) is 9.72 Å². The highest BCUT2D eigenvalue weighted by atomic mass is 32.2. The molecule has 0 unspecified atom stereocenters. The van der Waals surface area contributed by atoms with Gasteiger partial charge in [0.15, 0.2) is 0 Å². The molecule has 2 heterocycles. The Morgan fingerprint density at radius 3 is 1.88 bits per heavy atom. The number of hydrogen-bond donors (Lipinski definition) is 0. The third kappa shape index (κ3) is 4.14. The molecule has 0 atom stereocenters. The molecule has 8 nitrogen and oxygen atoms in total. The third-order valence-electron chi connectivity index (χ3n) is 6.42. The molecule has 0 N–H and O–H groups in total. The van der Waals surface area contributed by atoms with Gasteiger partial charge in [-0.2, -0.15) is 4.31 Å². The maximum absolute atomic E-state index is 13.5. The molecule has 0 saturated carbocycles. The molecule has 0 spiro atoms. The summed E-state index contributed by atoms with van der Waals surface area (Å²) in [6.07, 6.45) is 0. The van der Waals surface area contributed by atoms with Crippen molar-refractivity contribution >= 4 is 21.9 Å². The summed E-state index contributed by atoms with van der Waals surface area (Å²) >= 11 is 0. The number of sulfonamides is 1. The first-order valence-corrected chi connectivity index (χ1v) is 11.9. The lowest BCUT2D eigenvalue weighted by atomic mass is 9.95. The number of rotatable bonds is 4. The molecule has 172 valence electrons. The second-order valence-corrected chi connectivity index (χ2v) is 9.92. The van der Waals surface area contributed by atoms with Crippen LogP contribution in [0.2, 0.25) is 0 Å². The van der Waals surface area contributed by atoms with Crippen molar-refractivity contribution in [3.63, 3.8) is 0 Å². The number of methoxy groups -OCH3 is 1. The molecule has 1 fully saturated rings. The van der Waals surface area contributed by atoms with Gasteiger partial charge in [-0.3, -0.25) is 4.79 Å². The minimum atomic E-state index is -3.70. The summed E-state index contributed by atoms with van der Waals surface area (Å²) in [7, 11) is -2.45. The number of nitrogens with zero attached hydrogens (tertiary/aromatic N) is 3. The smallest absolute Gasteiger partial charge is 0.356 e. The Bertz CT molecular complexity index is 1150. The number of carbonyl (C=O) groups is 2. The zero-order chi connectivity index (χ0) is 23.8. The lowest BCUT2D eigenvalue weighted by Crippen LogP contribution is -2.50. The lowest BCUT2D eigenvalue weighted by Gasteiger charge is -2.34. The summed E-state index contributed by atoms with van der Waals surface area (Å²) in [6.45, 7) is 10.5. The van der Waals surface area contributed by atoms with Crippen molar-refractivity contribution in [3.8, 4) is 0 Å². The number of ether oxygens (including phenoxy) is 1. The van der Waals surface area contributed by atoms with Crippen LogP contribution in [0.4, 0.5) is 0 Å². The molecule has 32 heavy (non-hydrogen) atoms. The number of pyridine rings is 1. The van der Waals surface area contributed by atoms with E-state index in [-0.39, 0.29) is 43.5 Å². The summed E-state index contributed by atoms with van der Waals surface area (Å²) in [6, 6.07) is 4.58. The van der Waals surface area contributed by atoms with Gasteiger partial charge < -0.3 is 9.64 Å². The molecular weight excluding hydrogens is 430 g/mol. The largest absolute Gasteiger partial charge is 0.464 e. The second kappa shape index (κ2) is 8.99. The predicted molar refractivity (Wildman–Crippen MR) is 120 cm³/mol. The van der Waals surface area contributed by atoms with Gasteiger partial charge >= 0.3 is 5.97 Å². The van der Waals surface area contributed by atoms with Crippen LogP contribution >= 0.6 is 0 Å². The van der Waals surface area contributed by atoms with Crippen LogP contribution in [-0.2, 0) is 14.8 Å². The summed E-state index contributed by atoms with van der Waals surface area (Å²) in [5, 5.41) is 0. The number of amides is 1. The first kappa shape index (κ1) is 23.9. The zero-order valence-electron chi connectivity index (χ0n) is 19.4. The lowest BCUT2D eigenvalue weighted by molar-refractivity contribution is 0.0593. The Hall–Kier alpha value is -2.78. The normalized spacial score (nSPS) is 15.0. The fourth-order valence-corrected chi connectivity index (χ4v) is 6.03. The van der Waals surface area contributed by atoms with Gasteiger partial charge in [0, 0.05) is 26.2 Å². The molecule has 1 aromatic carbocycles. The minimum Gasteiger partial charge on any atom is -0.464 e. The Labute approximate surface area is 189 Å². The van der Waals surface area contributed by atoms with Crippen LogP contribution in [0, 0.1) is 34.6 Å². The van der Waals surface area contributed by atoms with Gasteiger partial charge in [0.05, 0.1) is 12.0 Å². The number of hydrogen-bond acceptors (Lipinski definition) is 6. The molecule has 1 saturated heterocycles. The first-order valence-electron chi connectivity index (χ1n) is 10.4. The molecule has 0 aliphatic carbocycles. The highest BCUT2D eigenvalue weighted by Gasteiger charge is 2.34. The van der Waals surface area contributed by atoms with Crippen LogP contribution in [-0.4, -0.2) is 67.8 Å². The Kier molecular flexibility index (Phi) is 6.71. The maximum atomic E-state index is 13.5. The minimum absolute atomic E-state index is 0.0515. The summed E-state index contributed by atoms with van der Waals surface area (Å²) in [5.74, 6) is -0.966. The van der Waals surface area contributed by atoms with Gasteiger partial charge in [-0.1, -0.05) is 6.07 Å². The third-order valence-corrected chi connectivity index (χ3v) is 8.59. The van der Waals surface area contributed by atoms with E-state index in [1.807, 2.05) is 34.6 Å².